The molecule has 0 bridgehead atoms. The third-order valence-electron chi connectivity index (χ3n) is 6.96. The minimum Gasteiger partial charge on any atom is -0.459 e. The number of aromatic nitrogens is 1. The Balaban J connectivity index is 1.27. The molecular weight excluding hydrogens is 458 g/mol. The molecule has 2 aromatic heterocycles. The van der Waals surface area contributed by atoms with Gasteiger partial charge in [-0.1, -0.05) is 24.3 Å². The number of pyridine rings is 1. The van der Waals surface area contributed by atoms with Crippen molar-refractivity contribution in [3.63, 3.8) is 0 Å². The van der Waals surface area contributed by atoms with Crippen LogP contribution in [0, 0.1) is 0 Å². The number of nitrogens with one attached hydrogen (secondary N) is 1. The molecule has 36 heavy (non-hydrogen) atoms. The van der Waals surface area contributed by atoms with Crippen molar-refractivity contribution in [2.24, 2.45) is 0 Å². The monoisotopic (exact) mass is 487 g/mol. The highest BCUT2D eigenvalue weighted by atomic mass is 16.3. The summed E-state index contributed by atoms with van der Waals surface area (Å²) in [5.41, 5.74) is 1.03. The first-order valence-electron chi connectivity index (χ1n) is 12.2. The van der Waals surface area contributed by atoms with Crippen molar-refractivity contribution in [3.05, 3.63) is 84.6 Å². The SMILES string of the molecule is O=C(CN1CN(c2ccccc2)C2(CCN(C(=O)c3ccco3)CC2)C1=O)NCCc1ccccn1. The van der Waals surface area contributed by atoms with Crippen molar-refractivity contribution in [2.45, 2.75) is 24.8 Å². The fourth-order valence-electron chi connectivity index (χ4n) is 5.06. The molecule has 9 heteroatoms. The minimum absolute atomic E-state index is 0.0127. The molecule has 9 nitrogen and oxygen atoms in total. The van der Waals surface area contributed by atoms with E-state index < -0.39 is 5.54 Å². The first kappa shape index (κ1) is 23.6. The summed E-state index contributed by atoms with van der Waals surface area (Å²) < 4.78 is 5.27. The van der Waals surface area contributed by atoms with Gasteiger partial charge in [-0.3, -0.25) is 19.4 Å². The Morgan fingerprint density at radius 2 is 1.78 bits per heavy atom. The summed E-state index contributed by atoms with van der Waals surface area (Å²) in [6, 6.07) is 18.8. The number of para-hydroxylation sites is 1. The Morgan fingerprint density at radius 1 is 1.00 bits per heavy atom. The van der Waals surface area contributed by atoms with Gasteiger partial charge in [-0.25, -0.2) is 0 Å². The van der Waals surface area contributed by atoms with Crippen LogP contribution >= 0.6 is 0 Å². The Bertz CT molecular complexity index is 1190. The number of amides is 3. The van der Waals surface area contributed by atoms with Gasteiger partial charge in [0.2, 0.25) is 5.91 Å². The lowest BCUT2D eigenvalue weighted by atomic mass is 9.85. The van der Waals surface area contributed by atoms with Crippen molar-refractivity contribution < 1.29 is 18.8 Å². The molecule has 2 aliphatic heterocycles. The van der Waals surface area contributed by atoms with E-state index >= 15 is 0 Å². The molecule has 2 saturated heterocycles. The second kappa shape index (κ2) is 10.2. The predicted molar refractivity (Wildman–Crippen MR) is 133 cm³/mol. The highest BCUT2D eigenvalue weighted by Gasteiger charge is 2.54. The molecule has 2 fully saturated rings. The van der Waals surface area contributed by atoms with Crippen molar-refractivity contribution in [2.75, 3.05) is 37.7 Å². The highest BCUT2D eigenvalue weighted by molar-refractivity contribution is 5.97. The number of nitrogens with zero attached hydrogens (tertiary/aromatic N) is 4. The number of piperidine rings is 1. The summed E-state index contributed by atoms with van der Waals surface area (Å²) in [5, 5.41) is 2.91. The van der Waals surface area contributed by atoms with Crippen LogP contribution in [-0.4, -0.2) is 70.9 Å². The Morgan fingerprint density at radius 3 is 2.47 bits per heavy atom. The lowest BCUT2D eigenvalue weighted by molar-refractivity contribution is -0.137. The van der Waals surface area contributed by atoms with Gasteiger partial charge in [0.1, 0.15) is 12.1 Å². The number of benzene rings is 1. The molecule has 0 atom stereocenters. The van der Waals surface area contributed by atoms with E-state index in [1.54, 1.807) is 28.1 Å². The lowest BCUT2D eigenvalue weighted by Crippen LogP contribution is -2.57. The van der Waals surface area contributed by atoms with Gasteiger partial charge in [0.25, 0.3) is 11.8 Å². The molecule has 1 aromatic carbocycles. The summed E-state index contributed by atoms with van der Waals surface area (Å²) in [6.07, 6.45) is 4.79. The third kappa shape index (κ3) is 4.68. The van der Waals surface area contributed by atoms with Gasteiger partial charge in [-0.2, -0.15) is 0 Å². The molecule has 2 aliphatic rings. The first-order valence-corrected chi connectivity index (χ1v) is 12.2. The summed E-state index contributed by atoms with van der Waals surface area (Å²) in [5.74, 6) is -0.144. The van der Waals surface area contributed by atoms with Crippen LogP contribution in [0.1, 0.15) is 29.1 Å². The normalized spacial score (nSPS) is 17.0. The van der Waals surface area contributed by atoms with E-state index in [-0.39, 0.29) is 24.3 Å². The second-order valence-electron chi connectivity index (χ2n) is 9.13. The van der Waals surface area contributed by atoms with Crippen LogP contribution in [0.5, 0.6) is 0 Å². The molecule has 0 aliphatic carbocycles. The molecule has 4 heterocycles. The van der Waals surface area contributed by atoms with Crippen molar-refractivity contribution >= 4 is 23.4 Å². The number of carbonyl (C=O) groups is 3. The Kier molecular flexibility index (Phi) is 6.71. The van der Waals surface area contributed by atoms with E-state index in [4.69, 9.17) is 4.42 Å². The summed E-state index contributed by atoms with van der Waals surface area (Å²) >= 11 is 0. The van der Waals surface area contributed by atoms with Crippen LogP contribution in [0.2, 0.25) is 0 Å². The van der Waals surface area contributed by atoms with Crippen LogP contribution in [0.25, 0.3) is 0 Å². The molecule has 0 radical (unpaired) electrons. The standard InChI is InChI=1S/C27H29N5O4/c33-24(29-15-11-21-7-4-5-14-28-21)19-31-20-32(22-8-2-1-3-9-22)27(26(31)35)12-16-30(17-13-27)25(34)23-10-6-18-36-23/h1-10,14,18H,11-13,15-17,19-20H2,(H,29,33). The zero-order valence-electron chi connectivity index (χ0n) is 20.0. The highest BCUT2D eigenvalue weighted by Crippen LogP contribution is 2.39. The van der Waals surface area contributed by atoms with Gasteiger partial charge >= 0.3 is 0 Å². The van der Waals surface area contributed by atoms with E-state index in [1.165, 1.54) is 6.26 Å². The molecule has 1 N–H and O–H groups in total. The van der Waals surface area contributed by atoms with Crippen molar-refractivity contribution in [3.8, 4) is 0 Å². The predicted octanol–water partition coefficient (Wildman–Crippen LogP) is 2.31. The number of rotatable bonds is 7. The third-order valence-corrected chi connectivity index (χ3v) is 6.96. The molecule has 186 valence electrons. The fraction of sp³-hybridized carbons (Fsp3) is 0.333. The Labute approximate surface area is 209 Å². The maximum absolute atomic E-state index is 13.8. The molecule has 0 saturated carbocycles. The van der Waals surface area contributed by atoms with Crippen LogP contribution < -0.4 is 10.2 Å². The van der Waals surface area contributed by atoms with Gasteiger partial charge in [0.15, 0.2) is 5.76 Å². The summed E-state index contributed by atoms with van der Waals surface area (Å²) in [7, 11) is 0. The molecule has 1 spiro atoms. The number of carbonyl (C=O) groups excluding carboxylic acids is 3. The minimum atomic E-state index is -0.796. The molecule has 0 unspecified atom stereocenters. The topological polar surface area (TPSA) is 99.0 Å². The molecule has 3 aromatic rings. The number of hydrogen-bond donors (Lipinski definition) is 1. The van der Waals surface area contributed by atoms with Crippen LogP contribution in [0.15, 0.2) is 77.5 Å². The largest absolute Gasteiger partial charge is 0.459 e. The Hall–Kier alpha value is -4.14. The van der Waals surface area contributed by atoms with Crippen LogP contribution in [-0.2, 0) is 16.0 Å². The fourth-order valence-corrected chi connectivity index (χ4v) is 5.06. The van der Waals surface area contributed by atoms with E-state index in [0.717, 1.165) is 11.4 Å². The summed E-state index contributed by atoms with van der Waals surface area (Å²) in [4.78, 5) is 49.0. The number of furan rings is 1. The first-order chi connectivity index (χ1) is 17.6. The van der Waals surface area contributed by atoms with E-state index in [0.29, 0.717) is 51.3 Å². The average molecular weight is 488 g/mol. The van der Waals surface area contributed by atoms with Crippen LogP contribution in [0.4, 0.5) is 5.69 Å². The van der Waals surface area contributed by atoms with E-state index in [1.807, 2.05) is 48.5 Å². The maximum Gasteiger partial charge on any atom is 0.289 e. The number of hydrogen-bond acceptors (Lipinski definition) is 6. The molecule has 5 rings (SSSR count). The maximum atomic E-state index is 13.8. The van der Waals surface area contributed by atoms with Gasteiger partial charge in [0, 0.05) is 43.6 Å². The number of anilines is 1. The zero-order chi connectivity index (χ0) is 25.0. The van der Waals surface area contributed by atoms with Crippen molar-refractivity contribution in [1.82, 2.24) is 20.1 Å². The van der Waals surface area contributed by atoms with Gasteiger partial charge < -0.3 is 24.4 Å². The lowest BCUT2D eigenvalue weighted by Gasteiger charge is -2.43. The van der Waals surface area contributed by atoms with Gasteiger partial charge in [-0.05, 0) is 49.2 Å². The molecule has 3 amide bonds. The number of likely N-dealkylation sites (tertiary alicyclic amines) is 1. The van der Waals surface area contributed by atoms with E-state index in [2.05, 4.69) is 15.2 Å². The smallest absolute Gasteiger partial charge is 0.289 e. The van der Waals surface area contributed by atoms with E-state index in [9.17, 15) is 14.4 Å². The van der Waals surface area contributed by atoms with Crippen molar-refractivity contribution in [1.29, 1.82) is 0 Å². The summed E-state index contributed by atoms with van der Waals surface area (Å²) in [6.45, 7) is 1.62. The van der Waals surface area contributed by atoms with Gasteiger partial charge in [0.05, 0.1) is 12.9 Å². The molecular formula is C27H29N5O4. The average Bonchev–Trinajstić information content (AvgIpc) is 3.54. The second-order valence-corrected chi connectivity index (χ2v) is 9.13. The van der Waals surface area contributed by atoms with Crippen LogP contribution in [0.3, 0.4) is 0 Å². The zero-order valence-corrected chi connectivity index (χ0v) is 20.0. The van der Waals surface area contributed by atoms with Gasteiger partial charge in [-0.15, -0.1) is 0 Å². The quantitative estimate of drug-likeness (QED) is 0.549.